The van der Waals surface area contributed by atoms with Crippen molar-refractivity contribution < 1.29 is 8.94 Å². The third-order valence-corrected chi connectivity index (χ3v) is 6.04. The third-order valence-electron chi connectivity index (χ3n) is 3.97. The molecule has 5 nitrogen and oxygen atoms in total. The number of thiophene rings is 1. The average Bonchev–Trinajstić information content (AvgIpc) is 3.23. The quantitative estimate of drug-likeness (QED) is 0.647. The highest BCUT2D eigenvalue weighted by Crippen LogP contribution is 2.37. The minimum absolute atomic E-state index is 0.570. The molecule has 0 saturated heterocycles. The molecule has 0 spiro atoms. The Labute approximate surface area is 142 Å². The Bertz CT molecular complexity index is 821. The summed E-state index contributed by atoms with van der Waals surface area (Å²) in [6.45, 7) is 4.19. The monoisotopic (exact) mass is 347 g/mol. The van der Waals surface area contributed by atoms with Crippen molar-refractivity contribution >= 4 is 23.1 Å². The highest BCUT2D eigenvalue weighted by molar-refractivity contribution is 7.98. The summed E-state index contributed by atoms with van der Waals surface area (Å²) in [5.74, 6) is 2.86. The summed E-state index contributed by atoms with van der Waals surface area (Å²) < 4.78 is 10.8. The van der Waals surface area contributed by atoms with Crippen LogP contribution in [-0.2, 0) is 18.6 Å². The van der Waals surface area contributed by atoms with Crippen molar-refractivity contribution in [3.05, 3.63) is 34.0 Å². The Balaban J connectivity index is 1.47. The van der Waals surface area contributed by atoms with Crippen LogP contribution in [0.15, 0.2) is 26.3 Å². The van der Waals surface area contributed by atoms with Crippen LogP contribution >= 0.6 is 23.1 Å². The SMILES string of the molecule is Cc1cc(CSc2nnc(-c3cc4c(s3)CC[C@@H](C)C4)o2)no1. The molecule has 0 bridgehead atoms. The first-order valence-electron chi connectivity index (χ1n) is 7.68. The first-order valence-corrected chi connectivity index (χ1v) is 9.48. The van der Waals surface area contributed by atoms with E-state index >= 15 is 0 Å². The first kappa shape index (κ1) is 15.0. The minimum Gasteiger partial charge on any atom is -0.410 e. The Hall–Kier alpha value is -1.60. The number of rotatable bonds is 4. The number of fused-ring (bicyclic) bond motifs is 1. The van der Waals surface area contributed by atoms with Gasteiger partial charge in [0, 0.05) is 16.7 Å². The fourth-order valence-electron chi connectivity index (χ4n) is 2.80. The average molecular weight is 347 g/mol. The van der Waals surface area contributed by atoms with Gasteiger partial charge in [-0.2, -0.15) is 0 Å². The number of aryl methyl sites for hydroxylation is 2. The van der Waals surface area contributed by atoms with Crippen LogP contribution in [0.3, 0.4) is 0 Å². The minimum atomic E-state index is 0.570. The standard InChI is InChI=1S/C16H17N3O2S2/c1-9-3-4-13-11(5-9)7-14(23-13)15-17-18-16(20-15)22-8-12-6-10(2)21-19-12/h6-7,9H,3-5,8H2,1-2H3/t9-/m1/s1. The molecule has 1 atom stereocenters. The summed E-state index contributed by atoms with van der Waals surface area (Å²) in [5.41, 5.74) is 2.34. The van der Waals surface area contributed by atoms with Crippen LogP contribution in [0.5, 0.6) is 0 Å². The van der Waals surface area contributed by atoms with Gasteiger partial charge in [0.25, 0.3) is 11.1 Å². The lowest BCUT2D eigenvalue weighted by Crippen LogP contribution is -2.07. The molecular formula is C16H17N3O2S2. The second kappa shape index (κ2) is 6.13. The van der Waals surface area contributed by atoms with Crippen LogP contribution in [0.2, 0.25) is 0 Å². The van der Waals surface area contributed by atoms with Gasteiger partial charge < -0.3 is 8.94 Å². The summed E-state index contributed by atoms with van der Waals surface area (Å²) in [7, 11) is 0. The Morgan fingerprint density at radius 3 is 3.09 bits per heavy atom. The molecule has 120 valence electrons. The van der Waals surface area contributed by atoms with Crippen molar-refractivity contribution in [2.75, 3.05) is 0 Å². The lowest BCUT2D eigenvalue weighted by molar-refractivity contribution is 0.392. The highest BCUT2D eigenvalue weighted by Gasteiger charge is 2.21. The topological polar surface area (TPSA) is 65.0 Å². The largest absolute Gasteiger partial charge is 0.410 e. The number of hydrogen-bond donors (Lipinski definition) is 0. The molecular weight excluding hydrogens is 330 g/mol. The van der Waals surface area contributed by atoms with E-state index in [9.17, 15) is 0 Å². The van der Waals surface area contributed by atoms with Gasteiger partial charge in [-0.05, 0) is 43.7 Å². The van der Waals surface area contributed by atoms with E-state index in [0.717, 1.165) is 28.7 Å². The molecule has 0 radical (unpaired) electrons. The fourth-order valence-corrected chi connectivity index (χ4v) is 4.57. The molecule has 7 heteroatoms. The molecule has 3 aromatic heterocycles. The second-order valence-electron chi connectivity index (χ2n) is 6.00. The zero-order valence-electron chi connectivity index (χ0n) is 13.0. The molecule has 1 aliphatic carbocycles. The van der Waals surface area contributed by atoms with Gasteiger partial charge in [0.2, 0.25) is 0 Å². The van der Waals surface area contributed by atoms with Crippen LogP contribution in [0.25, 0.3) is 10.8 Å². The molecule has 4 rings (SSSR count). The normalized spacial score (nSPS) is 17.4. The molecule has 3 aromatic rings. The number of aromatic nitrogens is 3. The second-order valence-corrected chi connectivity index (χ2v) is 8.06. The van der Waals surface area contributed by atoms with Crippen LogP contribution in [0.1, 0.15) is 35.2 Å². The van der Waals surface area contributed by atoms with E-state index in [4.69, 9.17) is 8.94 Å². The number of thioether (sulfide) groups is 1. The highest BCUT2D eigenvalue weighted by atomic mass is 32.2. The van der Waals surface area contributed by atoms with Gasteiger partial charge in [0.15, 0.2) is 0 Å². The van der Waals surface area contributed by atoms with E-state index < -0.39 is 0 Å². The molecule has 0 unspecified atom stereocenters. The number of hydrogen-bond acceptors (Lipinski definition) is 7. The van der Waals surface area contributed by atoms with E-state index in [1.54, 1.807) is 11.3 Å². The van der Waals surface area contributed by atoms with Crippen LogP contribution in [0.4, 0.5) is 0 Å². The maximum absolute atomic E-state index is 5.80. The van der Waals surface area contributed by atoms with Crippen molar-refractivity contribution in [3.63, 3.8) is 0 Å². The van der Waals surface area contributed by atoms with E-state index in [2.05, 4.69) is 28.3 Å². The van der Waals surface area contributed by atoms with Crippen molar-refractivity contribution in [2.24, 2.45) is 5.92 Å². The van der Waals surface area contributed by atoms with Crippen molar-refractivity contribution in [1.82, 2.24) is 15.4 Å². The van der Waals surface area contributed by atoms with E-state index in [1.165, 1.54) is 35.0 Å². The predicted molar refractivity (Wildman–Crippen MR) is 89.6 cm³/mol. The smallest absolute Gasteiger partial charge is 0.277 e. The maximum atomic E-state index is 5.80. The van der Waals surface area contributed by atoms with Gasteiger partial charge >= 0.3 is 0 Å². The van der Waals surface area contributed by atoms with E-state index in [-0.39, 0.29) is 0 Å². The van der Waals surface area contributed by atoms with Gasteiger partial charge in [-0.15, -0.1) is 21.5 Å². The Kier molecular flexibility index (Phi) is 3.98. The third kappa shape index (κ3) is 3.21. The maximum Gasteiger partial charge on any atom is 0.277 e. The van der Waals surface area contributed by atoms with E-state index in [1.807, 2.05) is 13.0 Å². The summed E-state index contributed by atoms with van der Waals surface area (Å²) in [6, 6.07) is 4.14. The lowest BCUT2D eigenvalue weighted by atomic mass is 9.90. The lowest BCUT2D eigenvalue weighted by Gasteiger charge is -2.16. The van der Waals surface area contributed by atoms with Crippen LogP contribution < -0.4 is 0 Å². The van der Waals surface area contributed by atoms with Gasteiger partial charge in [0.1, 0.15) is 5.76 Å². The molecule has 3 heterocycles. The van der Waals surface area contributed by atoms with Crippen LogP contribution in [-0.4, -0.2) is 15.4 Å². The molecule has 23 heavy (non-hydrogen) atoms. The zero-order chi connectivity index (χ0) is 15.8. The van der Waals surface area contributed by atoms with Gasteiger partial charge in [0.05, 0.1) is 10.6 Å². The van der Waals surface area contributed by atoms with Crippen molar-refractivity contribution in [1.29, 1.82) is 0 Å². The predicted octanol–water partition coefficient (Wildman–Crippen LogP) is 4.51. The summed E-state index contributed by atoms with van der Waals surface area (Å²) in [6.07, 6.45) is 3.60. The molecule has 0 amide bonds. The van der Waals surface area contributed by atoms with Gasteiger partial charge in [-0.25, -0.2) is 0 Å². The fraction of sp³-hybridized carbons (Fsp3) is 0.438. The van der Waals surface area contributed by atoms with Crippen molar-refractivity contribution in [3.8, 4) is 10.8 Å². The molecule has 0 aromatic carbocycles. The van der Waals surface area contributed by atoms with Crippen LogP contribution in [0, 0.1) is 12.8 Å². The Morgan fingerprint density at radius 1 is 1.35 bits per heavy atom. The molecule has 0 fully saturated rings. The number of nitrogens with zero attached hydrogens (tertiary/aromatic N) is 3. The van der Waals surface area contributed by atoms with Crippen molar-refractivity contribution in [2.45, 2.75) is 44.1 Å². The summed E-state index contributed by atoms with van der Waals surface area (Å²) in [4.78, 5) is 2.56. The van der Waals surface area contributed by atoms with E-state index in [0.29, 0.717) is 16.9 Å². The molecule has 0 saturated carbocycles. The summed E-state index contributed by atoms with van der Waals surface area (Å²) in [5, 5.41) is 12.9. The molecule has 0 N–H and O–H groups in total. The molecule has 1 aliphatic rings. The molecule has 0 aliphatic heterocycles. The van der Waals surface area contributed by atoms with Gasteiger partial charge in [-0.3, -0.25) is 0 Å². The Morgan fingerprint density at radius 2 is 2.26 bits per heavy atom. The summed E-state index contributed by atoms with van der Waals surface area (Å²) >= 11 is 3.27. The van der Waals surface area contributed by atoms with Gasteiger partial charge in [-0.1, -0.05) is 23.8 Å². The zero-order valence-corrected chi connectivity index (χ0v) is 14.7. The first-order chi connectivity index (χ1) is 11.2.